The number of aromatic nitrogens is 3. The van der Waals surface area contributed by atoms with E-state index in [1.807, 2.05) is 12.3 Å². The number of methoxy groups -OCH3 is 1. The maximum Gasteiger partial charge on any atom is 0.237 e. The number of pyridine rings is 1. The molecule has 0 radical (unpaired) electrons. The third-order valence-electron chi connectivity index (χ3n) is 2.84. The molecule has 1 unspecified atom stereocenters. The van der Waals surface area contributed by atoms with Crippen molar-refractivity contribution in [1.29, 1.82) is 0 Å². The van der Waals surface area contributed by atoms with Crippen molar-refractivity contribution >= 4 is 0 Å². The number of hydrogen-bond donors (Lipinski definition) is 1. The third-order valence-corrected chi connectivity index (χ3v) is 2.84. The van der Waals surface area contributed by atoms with Gasteiger partial charge in [0.2, 0.25) is 5.88 Å². The number of ether oxygens (including phenoxy) is 1. The molecule has 2 N–H and O–H groups in total. The molecule has 5 nitrogen and oxygen atoms in total. The largest absolute Gasteiger partial charge is 0.480 e. The number of hydrogen-bond acceptors (Lipinski definition) is 5. The third kappa shape index (κ3) is 2.31. The lowest BCUT2D eigenvalue weighted by Gasteiger charge is -2.16. The predicted molar refractivity (Wildman–Crippen MR) is 68.2 cm³/mol. The first-order valence-corrected chi connectivity index (χ1v) is 5.81. The Balaban J connectivity index is 2.44. The van der Waals surface area contributed by atoms with Crippen molar-refractivity contribution in [1.82, 2.24) is 15.0 Å². The van der Waals surface area contributed by atoms with Gasteiger partial charge in [-0.25, -0.2) is 4.98 Å². The second-order valence-corrected chi connectivity index (χ2v) is 3.86. The summed E-state index contributed by atoms with van der Waals surface area (Å²) in [4.78, 5) is 12.5. The Bertz CT molecular complexity index is 482. The van der Waals surface area contributed by atoms with Crippen LogP contribution in [0.4, 0.5) is 0 Å². The van der Waals surface area contributed by atoms with Crippen molar-refractivity contribution in [2.45, 2.75) is 19.4 Å². The monoisotopic (exact) mass is 244 g/mol. The van der Waals surface area contributed by atoms with Crippen molar-refractivity contribution in [2.75, 3.05) is 7.11 Å². The number of aryl methyl sites for hydroxylation is 1. The Morgan fingerprint density at radius 3 is 2.78 bits per heavy atom. The maximum absolute atomic E-state index is 6.26. The predicted octanol–water partition coefficient (Wildman–Crippen LogP) is 1.49. The zero-order valence-electron chi connectivity index (χ0n) is 10.5. The summed E-state index contributed by atoms with van der Waals surface area (Å²) in [5.74, 6) is 0.462. The van der Waals surface area contributed by atoms with E-state index in [2.05, 4.69) is 21.9 Å². The van der Waals surface area contributed by atoms with Gasteiger partial charge in [-0.1, -0.05) is 6.92 Å². The van der Waals surface area contributed by atoms with Gasteiger partial charge in [-0.2, -0.15) is 0 Å². The normalized spacial score (nSPS) is 12.2. The van der Waals surface area contributed by atoms with Crippen LogP contribution >= 0.6 is 0 Å². The van der Waals surface area contributed by atoms with Crippen LogP contribution in [0.3, 0.4) is 0 Å². The van der Waals surface area contributed by atoms with E-state index < -0.39 is 0 Å². The van der Waals surface area contributed by atoms with Gasteiger partial charge < -0.3 is 10.5 Å². The van der Waals surface area contributed by atoms with E-state index in [-0.39, 0.29) is 6.04 Å². The molecular formula is C13H16N4O. The molecule has 2 rings (SSSR count). The fourth-order valence-electron chi connectivity index (χ4n) is 1.89. The van der Waals surface area contributed by atoms with Gasteiger partial charge in [-0.05, 0) is 23.6 Å². The Hall–Kier alpha value is -2.01. The van der Waals surface area contributed by atoms with Gasteiger partial charge in [0.15, 0.2) is 0 Å². The van der Waals surface area contributed by atoms with Crippen molar-refractivity contribution in [3.8, 4) is 5.88 Å². The van der Waals surface area contributed by atoms with E-state index in [0.29, 0.717) is 11.6 Å². The van der Waals surface area contributed by atoms with Crippen molar-refractivity contribution < 1.29 is 4.74 Å². The Morgan fingerprint density at radius 2 is 2.06 bits per heavy atom. The highest BCUT2D eigenvalue weighted by atomic mass is 16.5. The molecule has 94 valence electrons. The highest BCUT2D eigenvalue weighted by molar-refractivity contribution is 5.35. The van der Waals surface area contributed by atoms with Gasteiger partial charge in [0.05, 0.1) is 13.2 Å². The summed E-state index contributed by atoms with van der Waals surface area (Å²) in [6.45, 7) is 2.07. The lowest BCUT2D eigenvalue weighted by Crippen LogP contribution is -2.17. The molecule has 18 heavy (non-hydrogen) atoms. The molecule has 0 fully saturated rings. The second kappa shape index (κ2) is 5.55. The standard InChI is InChI=1S/C13H16N4O/c1-3-9-8-15-5-4-10(9)11(14)12-13(18-2)17-7-6-16-12/h4-8,11H,3,14H2,1-2H3. The van der Waals surface area contributed by atoms with Crippen LogP contribution in [0.1, 0.15) is 29.8 Å². The summed E-state index contributed by atoms with van der Waals surface area (Å²) in [5, 5.41) is 0. The lowest BCUT2D eigenvalue weighted by molar-refractivity contribution is 0.387. The van der Waals surface area contributed by atoms with Crippen LogP contribution < -0.4 is 10.5 Å². The average Bonchev–Trinajstić information content (AvgIpc) is 2.46. The summed E-state index contributed by atoms with van der Waals surface area (Å²) in [5.41, 5.74) is 9.01. The van der Waals surface area contributed by atoms with Gasteiger partial charge in [-0.15, -0.1) is 0 Å². The summed E-state index contributed by atoms with van der Waals surface area (Å²) >= 11 is 0. The number of nitrogens with zero attached hydrogens (tertiary/aromatic N) is 3. The second-order valence-electron chi connectivity index (χ2n) is 3.86. The molecule has 2 aromatic heterocycles. The molecule has 0 spiro atoms. The number of rotatable bonds is 4. The van der Waals surface area contributed by atoms with Crippen LogP contribution in [0, 0.1) is 0 Å². The molecule has 2 heterocycles. The van der Waals surface area contributed by atoms with Gasteiger partial charge in [0.25, 0.3) is 0 Å². The Labute approximate surface area is 106 Å². The molecule has 1 atom stereocenters. The highest BCUT2D eigenvalue weighted by Gasteiger charge is 2.18. The summed E-state index contributed by atoms with van der Waals surface area (Å²) in [6.07, 6.45) is 7.64. The topological polar surface area (TPSA) is 73.9 Å². The zero-order chi connectivity index (χ0) is 13.0. The molecule has 5 heteroatoms. The van der Waals surface area contributed by atoms with E-state index in [4.69, 9.17) is 10.5 Å². The molecule has 0 bridgehead atoms. The Morgan fingerprint density at radius 1 is 1.28 bits per heavy atom. The minimum Gasteiger partial charge on any atom is -0.480 e. The fourth-order valence-corrected chi connectivity index (χ4v) is 1.89. The van der Waals surface area contributed by atoms with Crippen molar-refractivity contribution in [3.05, 3.63) is 47.7 Å². The smallest absolute Gasteiger partial charge is 0.237 e. The SMILES string of the molecule is CCc1cnccc1C(N)c1nccnc1OC. The van der Waals surface area contributed by atoms with Crippen LogP contribution in [-0.4, -0.2) is 22.1 Å². The van der Waals surface area contributed by atoms with E-state index in [0.717, 1.165) is 17.5 Å². The van der Waals surface area contributed by atoms with E-state index >= 15 is 0 Å². The Kier molecular flexibility index (Phi) is 3.84. The molecule has 0 aliphatic carbocycles. The molecule has 0 aliphatic heterocycles. The van der Waals surface area contributed by atoms with Crippen LogP contribution in [0.25, 0.3) is 0 Å². The minimum absolute atomic E-state index is 0.355. The molecule has 0 aromatic carbocycles. The quantitative estimate of drug-likeness (QED) is 0.882. The maximum atomic E-state index is 6.26. The van der Waals surface area contributed by atoms with Crippen molar-refractivity contribution in [2.24, 2.45) is 5.73 Å². The highest BCUT2D eigenvalue weighted by Crippen LogP contribution is 2.26. The first kappa shape index (κ1) is 12.4. The van der Waals surface area contributed by atoms with Crippen molar-refractivity contribution in [3.63, 3.8) is 0 Å². The van der Waals surface area contributed by atoms with Crippen LogP contribution in [0.5, 0.6) is 5.88 Å². The molecular weight excluding hydrogens is 228 g/mol. The van der Waals surface area contributed by atoms with E-state index in [9.17, 15) is 0 Å². The first-order chi connectivity index (χ1) is 8.77. The van der Waals surface area contributed by atoms with E-state index in [1.54, 1.807) is 25.7 Å². The van der Waals surface area contributed by atoms with E-state index in [1.165, 1.54) is 0 Å². The molecule has 2 aromatic rings. The van der Waals surface area contributed by atoms with Gasteiger partial charge in [0, 0.05) is 24.8 Å². The zero-order valence-corrected chi connectivity index (χ0v) is 10.5. The summed E-state index contributed by atoms with van der Waals surface area (Å²) < 4.78 is 5.19. The molecule has 0 aliphatic rings. The van der Waals surface area contributed by atoms with Crippen LogP contribution in [-0.2, 0) is 6.42 Å². The lowest BCUT2D eigenvalue weighted by atomic mass is 9.99. The van der Waals surface area contributed by atoms with Gasteiger partial charge in [-0.3, -0.25) is 9.97 Å². The minimum atomic E-state index is -0.355. The van der Waals surface area contributed by atoms with Gasteiger partial charge in [0.1, 0.15) is 5.69 Å². The summed E-state index contributed by atoms with van der Waals surface area (Å²) in [7, 11) is 1.56. The summed E-state index contributed by atoms with van der Waals surface area (Å²) in [6, 6.07) is 1.56. The fraction of sp³-hybridized carbons (Fsp3) is 0.308. The van der Waals surface area contributed by atoms with Crippen LogP contribution in [0.2, 0.25) is 0 Å². The molecule has 0 saturated heterocycles. The number of nitrogens with two attached hydrogens (primary N) is 1. The average molecular weight is 244 g/mol. The molecule has 0 amide bonds. The molecule has 0 saturated carbocycles. The van der Waals surface area contributed by atoms with Crippen LogP contribution in [0.15, 0.2) is 30.9 Å². The first-order valence-electron chi connectivity index (χ1n) is 5.81. The van der Waals surface area contributed by atoms with Gasteiger partial charge >= 0.3 is 0 Å².